The molecule has 0 unspecified atom stereocenters. The molecule has 22 heavy (non-hydrogen) atoms. The number of primary amides is 1. The summed E-state index contributed by atoms with van der Waals surface area (Å²) in [5.41, 5.74) is 5.10. The molecule has 7 heteroatoms. The number of amides is 2. The molecule has 0 saturated heterocycles. The van der Waals surface area contributed by atoms with Crippen molar-refractivity contribution in [2.45, 2.75) is 13.3 Å². The molecule has 0 rings (SSSR count). The molecule has 0 atom stereocenters. The standard InChI is InChI=1S/C9H18N2O.C3H5NO.C3H4O2/c1-8(2)9(12)10-6-5-7-11(3)4;2*1-2-3(4)5/h1,5-7H2,2-4H3,(H,10,12);2H,1H2,(H2,4,5);2H,1H2,(H,4,5). The zero-order valence-corrected chi connectivity index (χ0v) is 13.6. The first-order valence-electron chi connectivity index (χ1n) is 6.44. The van der Waals surface area contributed by atoms with Gasteiger partial charge in [0, 0.05) is 18.2 Å². The number of aliphatic carboxylic acids is 1. The van der Waals surface area contributed by atoms with Crippen LogP contribution in [0.5, 0.6) is 0 Å². The van der Waals surface area contributed by atoms with Gasteiger partial charge in [-0.1, -0.05) is 19.7 Å². The van der Waals surface area contributed by atoms with E-state index in [0.717, 1.165) is 31.7 Å². The molecule has 0 aliphatic carbocycles. The first-order chi connectivity index (χ1) is 10.1. The van der Waals surface area contributed by atoms with Gasteiger partial charge in [0.15, 0.2) is 0 Å². The van der Waals surface area contributed by atoms with E-state index >= 15 is 0 Å². The molecule has 4 N–H and O–H groups in total. The van der Waals surface area contributed by atoms with Crippen molar-refractivity contribution in [2.24, 2.45) is 5.73 Å². The maximum Gasteiger partial charge on any atom is 0.327 e. The molecule has 0 heterocycles. The molecule has 0 aromatic rings. The van der Waals surface area contributed by atoms with Crippen LogP contribution in [-0.4, -0.2) is 55.0 Å². The van der Waals surface area contributed by atoms with E-state index in [1.165, 1.54) is 0 Å². The molecule has 0 aromatic carbocycles. The maximum atomic E-state index is 11.0. The van der Waals surface area contributed by atoms with Crippen LogP contribution in [0.15, 0.2) is 37.5 Å². The molecule has 0 saturated carbocycles. The van der Waals surface area contributed by atoms with Crippen LogP contribution < -0.4 is 11.1 Å². The zero-order chi connectivity index (χ0) is 18.1. The summed E-state index contributed by atoms with van der Waals surface area (Å²) >= 11 is 0. The first-order valence-corrected chi connectivity index (χ1v) is 6.44. The molecule has 2 amide bonds. The molecular formula is C15H27N3O4. The highest BCUT2D eigenvalue weighted by molar-refractivity contribution is 5.92. The number of hydrogen-bond donors (Lipinski definition) is 3. The lowest BCUT2D eigenvalue weighted by Gasteiger charge is -2.09. The van der Waals surface area contributed by atoms with Gasteiger partial charge < -0.3 is 21.1 Å². The van der Waals surface area contributed by atoms with Gasteiger partial charge >= 0.3 is 5.97 Å². The highest BCUT2D eigenvalue weighted by atomic mass is 16.4. The molecule has 0 fully saturated rings. The Kier molecular flexibility index (Phi) is 18.6. The molecule has 0 bridgehead atoms. The maximum absolute atomic E-state index is 11.0. The van der Waals surface area contributed by atoms with Crippen LogP contribution >= 0.6 is 0 Å². The summed E-state index contributed by atoms with van der Waals surface area (Å²) in [6.07, 6.45) is 2.87. The van der Waals surface area contributed by atoms with Crippen molar-refractivity contribution < 1.29 is 19.5 Å². The van der Waals surface area contributed by atoms with Crippen molar-refractivity contribution in [1.29, 1.82) is 0 Å². The van der Waals surface area contributed by atoms with Gasteiger partial charge in [-0.05, 0) is 40.1 Å². The van der Waals surface area contributed by atoms with E-state index in [9.17, 15) is 14.4 Å². The number of carbonyl (C=O) groups is 3. The predicted octanol–water partition coefficient (Wildman–Crippen LogP) is 0.545. The van der Waals surface area contributed by atoms with Crippen LogP contribution in [0.3, 0.4) is 0 Å². The molecule has 0 spiro atoms. The zero-order valence-electron chi connectivity index (χ0n) is 13.6. The summed E-state index contributed by atoms with van der Waals surface area (Å²) in [5, 5.41) is 10.4. The third-order valence-electron chi connectivity index (χ3n) is 1.83. The van der Waals surface area contributed by atoms with Crippen molar-refractivity contribution in [3.8, 4) is 0 Å². The summed E-state index contributed by atoms with van der Waals surface area (Å²) in [5.74, 6) is -1.51. The van der Waals surface area contributed by atoms with Crippen molar-refractivity contribution >= 4 is 17.8 Å². The Balaban J connectivity index is -0.000000298. The molecular weight excluding hydrogens is 286 g/mol. The van der Waals surface area contributed by atoms with E-state index in [1.54, 1.807) is 6.92 Å². The van der Waals surface area contributed by atoms with Gasteiger partial charge in [-0.15, -0.1) is 0 Å². The van der Waals surface area contributed by atoms with Gasteiger partial charge in [-0.2, -0.15) is 0 Å². The lowest BCUT2D eigenvalue weighted by atomic mass is 10.3. The fraction of sp³-hybridized carbons (Fsp3) is 0.400. The molecule has 126 valence electrons. The Morgan fingerprint density at radius 1 is 1.23 bits per heavy atom. The van der Waals surface area contributed by atoms with E-state index in [1.807, 2.05) is 14.1 Å². The number of carboxylic acid groups (broad SMARTS) is 1. The molecule has 0 radical (unpaired) electrons. The van der Waals surface area contributed by atoms with Crippen LogP contribution in [0.1, 0.15) is 13.3 Å². The number of carboxylic acids is 1. The van der Waals surface area contributed by atoms with Crippen molar-refractivity contribution in [1.82, 2.24) is 10.2 Å². The Morgan fingerprint density at radius 3 is 1.86 bits per heavy atom. The number of nitrogens with one attached hydrogen (secondary N) is 1. The highest BCUT2D eigenvalue weighted by Crippen LogP contribution is 1.86. The second-order valence-corrected chi connectivity index (χ2v) is 4.34. The lowest BCUT2D eigenvalue weighted by Crippen LogP contribution is -2.27. The number of nitrogens with zero attached hydrogens (tertiary/aromatic N) is 1. The number of hydrogen-bond acceptors (Lipinski definition) is 4. The summed E-state index contributed by atoms with van der Waals surface area (Å²) < 4.78 is 0. The van der Waals surface area contributed by atoms with Crippen molar-refractivity contribution in [3.63, 3.8) is 0 Å². The van der Waals surface area contributed by atoms with Gasteiger partial charge in [-0.3, -0.25) is 9.59 Å². The van der Waals surface area contributed by atoms with Gasteiger partial charge in [0.05, 0.1) is 0 Å². The Labute approximate surface area is 132 Å². The Bertz CT molecular complexity index is 372. The first kappa shape index (κ1) is 24.6. The predicted molar refractivity (Wildman–Crippen MR) is 88.2 cm³/mol. The van der Waals surface area contributed by atoms with Crippen LogP contribution in [0, 0.1) is 0 Å². The van der Waals surface area contributed by atoms with Gasteiger partial charge in [0.1, 0.15) is 0 Å². The topological polar surface area (TPSA) is 113 Å². The summed E-state index contributed by atoms with van der Waals surface area (Å²) in [4.78, 5) is 31.8. The lowest BCUT2D eigenvalue weighted by molar-refractivity contribution is -0.131. The van der Waals surface area contributed by atoms with E-state index < -0.39 is 11.9 Å². The summed E-state index contributed by atoms with van der Waals surface area (Å²) in [7, 11) is 4.03. The normalized spacial score (nSPS) is 8.36. The summed E-state index contributed by atoms with van der Waals surface area (Å²) in [6, 6.07) is 0. The average molecular weight is 313 g/mol. The van der Waals surface area contributed by atoms with Crippen LogP contribution in [-0.2, 0) is 14.4 Å². The van der Waals surface area contributed by atoms with Crippen LogP contribution in [0.4, 0.5) is 0 Å². The SMILES string of the molecule is C=C(C)C(=O)NCCCN(C)C.C=CC(=O)O.C=CC(N)=O. The quantitative estimate of drug-likeness (QED) is 0.469. The third kappa shape index (κ3) is 30.5. The fourth-order valence-electron chi connectivity index (χ4n) is 0.748. The molecule has 0 aromatic heterocycles. The van der Waals surface area contributed by atoms with E-state index in [4.69, 9.17) is 5.11 Å². The Morgan fingerprint density at radius 2 is 1.64 bits per heavy atom. The second kappa shape index (κ2) is 16.6. The smallest absolute Gasteiger partial charge is 0.327 e. The van der Waals surface area contributed by atoms with Crippen molar-refractivity contribution in [2.75, 3.05) is 27.2 Å². The number of rotatable bonds is 7. The largest absolute Gasteiger partial charge is 0.478 e. The third-order valence-corrected chi connectivity index (χ3v) is 1.83. The van der Waals surface area contributed by atoms with E-state index in [-0.39, 0.29) is 5.91 Å². The summed E-state index contributed by atoms with van der Waals surface area (Å²) in [6.45, 7) is 13.0. The van der Waals surface area contributed by atoms with E-state index in [2.05, 4.69) is 35.7 Å². The van der Waals surface area contributed by atoms with Gasteiger partial charge in [0.2, 0.25) is 11.8 Å². The fourth-order valence-corrected chi connectivity index (χ4v) is 0.748. The molecule has 0 aliphatic rings. The highest BCUT2D eigenvalue weighted by Gasteiger charge is 1.99. The number of nitrogens with two attached hydrogens (primary N) is 1. The number of carbonyl (C=O) groups excluding carboxylic acids is 2. The Hall–Kier alpha value is -2.41. The van der Waals surface area contributed by atoms with Gasteiger partial charge in [0.25, 0.3) is 0 Å². The minimum atomic E-state index is -0.981. The average Bonchev–Trinajstić information content (AvgIpc) is 2.44. The molecule has 7 nitrogen and oxygen atoms in total. The monoisotopic (exact) mass is 313 g/mol. The minimum absolute atomic E-state index is 0.0474. The van der Waals surface area contributed by atoms with Crippen LogP contribution in [0.25, 0.3) is 0 Å². The van der Waals surface area contributed by atoms with Crippen LogP contribution in [0.2, 0.25) is 0 Å². The molecule has 0 aliphatic heterocycles. The van der Waals surface area contributed by atoms with Crippen molar-refractivity contribution in [3.05, 3.63) is 37.5 Å². The second-order valence-electron chi connectivity index (χ2n) is 4.34. The van der Waals surface area contributed by atoms with E-state index in [0.29, 0.717) is 5.57 Å². The minimum Gasteiger partial charge on any atom is -0.478 e. The van der Waals surface area contributed by atoms with Gasteiger partial charge in [-0.25, -0.2) is 4.79 Å².